The summed E-state index contributed by atoms with van der Waals surface area (Å²) in [6, 6.07) is 5.07. The number of hydrogen-bond acceptors (Lipinski definition) is 3. The Kier molecular flexibility index (Phi) is 4.59. The lowest BCUT2D eigenvalue weighted by atomic mass is 10.3. The lowest BCUT2D eigenvalue weighted by Crippen LogP contribution is -1.91. The standard InChI is InChI=1S/C10H10Cl2O3/c1-13-7-3-8(14-2)5-9(4-7)15-10(12)6-11/h3-6H,1-2H3/b10-6-. The van der Waals surface area contributed by atoms with Crippen LogP contribution >= 0.6 is 23.2 Å². The molecular weight excluding hydrogens is 239 g/mol. The molecule has 82 valence electrons. The van der Waals surface area contributed by atoms with Crippen molar-refractivity contribution in [3.8, 4) is 17.2 Å². The molecule has 0 fully saturated rings. The van der Waals surface area contributed by atoms with Crippen LogP contribution in [0.15, 0.2) is 29.0 Å². The second-order valence-corrected chi connectivity index (χ2v) is 3.15. The van der Waals surface area contributed by atoms with E-state index in [9.17, 15) is 0 Å². The highest BCUT2D eigenvalue weighted by molar-refractivity contribution is 6.35. The van der Waals surface area contributed by atoms with Gasteiger partial charge in [-0.25, -0.2) is 0 Å². The number of rotatable bonds is 4. The van der Waals surface area contributed by atoms with E-state index in [4.69, 9.17) is 37.4 Å². The van der Waals surface area contributed by atoms with E-state index < -0.39 is 0 Å². The van der Waals surface area contributed by atoms with E-state index in [1.54, 1.807) is 32.4 Å². The van der Waals surface area contributed by atoms with E-state index in [0.29, 0.717) is 17.2 Å². The molecule has 0 bridgehead atoms. The molecule has 0 aliphatic heterocycles. The Bertz CT molecular complexity index is 341. The van der Waals surface area contributed by atoms with Crippen molar-refractivity contribution in [1.82, 2.24) is 0 Å². The minimum Gasteiger partial charge on any atom is -0.496 e. The van der Waals surface area contributed by atoms with E-state index in [-0.39, 0.29) is 5.22 Å². The summed E-state index contributed by atoms with van der Waals surface area (Å²) in [7, 11) is 3.11. The van der Waals surface area contributed by atoms with Crippen molar-refractivity contribution in [1.29, 1.82) is 0 Å². The first kappa shape index (κ1) is 12.0. The Balaban J connectivity index is 2.96. The molecule has 0 aromatic heterocycles. The van der Waals surface area contributed by atoms with Gasteiger partial charge >= 0.3 is 0 Å². The van der Waals surface area contributed by atoms with Crippen molar-refractivity contribution in [2.24, 2.45) is 0 Å². The average Bonchev–Trinajstić information content (AvgIpc) is 2.28. The number of methoxy groups -OCH3 is 2. The number of halogens is 2. The molecule has 0 atom stereocenters. The fourth-order valence-corrected chi connectivity index (χ4v) is 1.11. The van der Waals surface area contributed by atoms with Crippen molar-refractivity contribution in [2.75, 3.05) is 14.2 Å². The van der Waals surface area contributed by atoms with Crippen LogP contribution in [0.25, 0.3) is 0 Å². The smallest absolute Gasteiger partial charge is 0.205 e. The molecule has 0 aliphatic carbocycles. The maximum atomic E-state index is 5.62. The maximum absolute atomic E-state index is 5.62. The molecule has 0 amide bonds. The Morgan fingerprint density at radius 3 is 1.93 bits per heavy atom. The van der Waals surface area contributed by atoms with Crippen LogP contribution in [0, 0.1) is 0 Å². The average molecular weight is 249 g/mol. The molecule has 1 aromatic carbocycles. The van der Waals surface area contributed by atoms with Crippen LogP contribution in [0.1, 0.15) is 0 Å². The molecule has 1 aromatic rings. The quantitative estimate of drug-likeness (QED) is 0.765. The van der Waals surface area contributed by atoms with Gasteiger partial charge in [0.25, 0.3) is 0 Å². The van der Waals surface area contributed by atoms with Gasteiger partial charge in [-0.15, -0.1) is 0 Å². The lowest BCUT2D eigenvalue weighted by molar-refractivity contribution is 0.385. The first-order valence-electron chi connectivity index (χ1n) is 4.06. The van der Waals surface area contributed by atoms with Gasteiger partial charge in [0, 0.05) is 18.2 Å². The molecule has 0 unspecified atom stereocenters. The van der Waals surface area contributed by atoms with Gasteiger partial charge < -0.3 is 14.2 Å². The van der Waals surface area contributed by atoms with E-state index in [2.05, 4.69) is 0 Å². The van der Waals surface area contributed by atoms with Crippen LogP contribution < -0.4 is 14.2 Å². The highest BCUT2D eigenvalue weighted by Gasteiger charge is 2.04. The largest absolute Gasteiger partial charge is 0.496 e. The van der Waals surface area contributed by atoms with Gasteiger partial charge in [0.1, 0.15) is 17.2 Å². The van der Waals surface area contributed by atoms with Gasteiger partial charge in [-0.05, 0) is 11.6 Å². The molecule has 5 heteroatoms. The summed E-state index contributed by atoms with van der Waals surface area (Å²) in [4.78, 5) is 0. The normalized spacial score (nSPS) is 11.1. The summed E-state index contributed by atoms with van der Waals surface area (Å²) in [5.74, 6) is 1.72. The van der Waals surface area contributed by atoms with Crippen molar-refractivity contribution in [2.45, 2.75) is 0 Å². The predicted molar refractivity (Wildman–Crippen MR) is 60.0 cm³/mol. The molecule has 0 saturated heterocycles. The fourth-order valence-electron chi connectivity index (χ4n) is 0.975. The summed E-state index contributed by atoms with van der Waals surface area (Å²) < 4.78 is 15.3. The van der Waals surface area contributed by atoms with Crippen molar-refractivity contribution in [3.05, 3.63) is 29.0 Å². The van der Waals surface area contributed by atoms with Gasteiger partial charge in [0.05, 0.1) is 19.8 Å². The van der Waals surface area contributed by atoms with Crippen LogP contribution in [0.2, 0.25) is 0 Å². The molecule has 0 radical (unpaired) electrons. The molecule has 1 rings (SSSR count). The third kappa shape index (κ3) is 3.53. The van der Waals surface area contributed by atoms with E-state index in [1.165, 1.54) is 0 Å². The molecule has 3 nitrogen and oxygen atoms in total. The Morgan fingerprint density at radius 1 is 1.07 bits per heavy atom. The summed E-state index contributed by atoms with van der Waals surface area (Å²) in [5.41, 5.74) is 1.13. The molecule has 0 spiro atoms. The SMILES string of the molecule is COc1cc(OC)cc(O/C(Cl)=C\Cl)c1. The van der Waals surface area contributed by atoms with Gasteiger partial charge in [-0.2, -0.15) is 0 Å². The van der Waals surface area contributed by atoms with Gasteiger partial charge in [-0.1, -0.05) is 11.6 Å². The first-order valence-corrected chi connectivity index (χ1v) is 4.88. The van der Waals surface area contributed by atoms with Crippen LogP contribution in [-0.4, -0.2) is 14.2 Å². The molecule has 0 heterocycles. The summed E-state index contributed by atoms with van der Waals surface area (Å²) in [6.45, 7) is 0. The van der Waals surface area contributed by atoms with Crippen LogP contribution in [0.3, 0.4) is 0 Å². The minimum atomic E-state index is 0.0759. The van der Waals surface area contributed by atoms with E-state index in [1.807, 2.05) is 0 Å². The van der Waals surface area contributed by atoms with Gasteiger partial charge in [0.15, 0.2) is 0 Å². The lowest BCUT2D eigenvalue weighted by Gasteiger charge is -2.08. The predicted octanol–water partition coefficient (Wildman–Crippen LogP) is 3.36. The molecule has 0 aliphatic rings. The molecule has 15 heavy (non-hydrogen) atoms. The van der Waals surface area contributed by atoms with Crippen molar-refractivity contribution >= 4 is 23.2 Å². The van der Waals surface area contributed by atoms with Gasteiger partial charge in [0.2, 0.25) is 5.22 Å². The third-order valence-corrected chi connectivity index (χ3v) is 2.12. The topological polar surface area (TPSA) is 27.7 Å². The number of hydrogen-bond donors (Lipinski definition) is 0. The van der Waals surface area contributed by atoms with Crippen LogP contribution in [0.4, 0.5) is 0 Å². The molecule has 0 saturated carbocycles. The monoisotopic (exact) mass is 248 g/mol. The maximum Gasteiger partial charge on any atom is 0.205 e. The molecular formula is C10H10Cl2O3. The highest BCUT2D eigenvalue weighted by Crippen LogP contribution is 2.29. The highest BCUT2D eigenvalue weighted by atomic mass is 35.5. The summed E-state index contributed by atoms with van der Waals surface area (Å²) in [6.07, 6.45) is 0. The zero-order valence-corrected chi connectivity index (χ0v) is 9.80. The number of benzene rings is 1. The van der Waals surface area contributed by atoms with Crippen LogP contribution in [-0.2, 0) is 0 Å². The zero-order valence-electron chi connectivity index (χ0n) is 8.29. The third-order valence-electron chi connectivity index (χ3n) is 1.63. The fraction of sp³-hybridized carbons (Fsp3) is 0.200. The Labute approximate surface area is 98.1 Å². The second kappa shape index (κ2) is 5.73. The Hall–Kier alpha value is -1.06. The Morgan fingerprint density at radius 2 is 1.53 bits per heavy atom. The van der Waals surface area contributed by atoms with E-state index >= 15 is 0 Å². The molecule has 0 N–H and O–H groups in total. The number of ether oxygens (including phenoxy) is 3. The van der Waals surface area contributed by atoms with Gasteiger partial charge in [-0.3, -0.25) is 0 Å². The zero-order chi connectivity index (χ0) is 11.3. The van der Waals surface area contributed by atoms with Crippen LogP contribution in [0.5, 0.6) is 17.2 Å². The summed E-state index contributed by atoms with van der Waals surface area (Å²) in [5, 5.41) is 0.0759. The summed E-state index contributed by atoms with van der Waals surface area (Å²) >= 11 is 11.0. The first-order chi connectivity index (χ1) is 7.19. The minimum absolute atomic E-state index is 0.0759. The van der Waals surface area contributed by atoms with Crippen molar-refractivity contribution < 1.29 is 14.2 Å². The van der Waals surface area contributed by atoms with Crippen molar-refractivity contribution in [3.63, 3.8) is 0 Å². The van der Waals surface area contributed by atoms with E-state index in [0.717, 1.165) is 5.54 Å². The second-order valence-electron chi connectivity index (χ2n) is 2.56.